The van der Waals surface area contributed by atoms with Crippen molar-refractivity contribution < 1.29 is 4.74 Å². The van der Waals surface area contributed by atoms with Crippen molar-refractivity contribution in [2.24, 2.45) is 0 Å². The molecule has 8 heteroatoms. The molecule has 0 fully saturated rings. The molecule has 1 aromatic carbocycles. The summed E-state index contributed by atoms with van der Waals surface area (Å²) in [6.45, 7) is 0.622. The van der Waals surface area contributed by atoms with E-state index in [1.54, 1.807) is 19.5 Å². The highest BCUT2D eigenvalue weighted by Crippen LogP contribution is 2.31. The first-order valence-electron chi connectivity index (χ1n) is 7.55. The molecule has 0 unspecified atom stereocenters. The molecule has 4 rings (SSSR count). The zero-order valence-electron chi connectivity index (χ0n) is 13.3. The predicted molar refractivity (Wildman–Crippen MR) is 99.4 cm³/mol. The van der Waals surface area contributed by atoms with Crippen LogP contribution >= 0.6 is 22.9 Å². The highest BCUT2D eigenvalue weighted by molar-refractivity contribution is 7.15. The molecule has 0 amide bonds. The molecule has 0 bridgehead atoms. The fourth-order valence-corrected chi connectivity index (χ4v) is 3.44. The predicted octanol–water partition coefficient (Wildman–Crippen LogP) is 4.13. The van der Waals surface area contributed by atoms with Gasteiger partial charge in [0.1, 0.15) is 5.75 Å². The molecular formula is C17H14ClN5OS. The molecule has 0 radical (unpaired) electrons. The molecule has 0 spiro atoms. The number of hydrogen-bond acceptors (Lipinski definition) is 6. The second-order valence-corrected chi connectivity index (χ2v) is 7.00. The molecule has 0 saturated heterocycles. The number of methoxy groups -OCH3 is 1. The largest absolute Gasteiger partial charge is 0.495 e. The molecular weight excluding hydrogens is 358 g/mol. The Labute approximate surface area is 153 Å². The molecule has 6 nitrogen and oxygen atoms in total. The number of fused-ring (bicyclic) bond motifs is 1. The topological polar surface area (TPSA) is 64.3 Å². The molecule has 4 aromatic rings. The van der Waals surface area contributed by atoms with Crippen molar-refractivity contribution in [3.05, 3.63) is 58.4 Å². The number of rotatable bonds is 5. The minimum Gasteiger partial charge on any atom is -0.495 e. The van der Waals surface area contributed by atoms with E-state index in [2.05, 4.69) is 20.3 Å². The average Bonchev–Trinajstić information content (AvgIpc) is 3.25. The number of aromatic nitrogens is 4. The Morgan fingerprint density at radius 1 is 1.32 bits per heavy atom. The maximum absolute atomic E-state index is 5.88. The van der Waals surface area contributed by atoms with Crippen LogP contribution in [0.2, 0.25) is 4.47 Å². The van der Waals surface area contributed by atoms with Gasteiger partial charge in [0, 0.05) is 35.2 Å². The second kappa shape index (κ2) is 6.70. The number of nitrogens with one attached hydrogen (secondary N) is 1. The van der Waals surface area contributed by atoms with Crippen molar-refractivity contribution in [2.45, 2.75) is 6.54 Å². The monoisotopic (exact) mass is 371 g/mol. The summed E-state index contributed by atoms with van der Waals surface area (Å²) in [5.41, 5.74) is 2.72. The van der Waals surface area contributed by atoms with E-state index in [0.717, 1.165) is 27.6 Å². The summed E-state index contributed by atoms with van der Waals surface area (Å²) < 4.78 is 7.88. The van der Waals surface area contributed by atoms with Crippen LogP contribution in [-0.2, 0) is 6.54 Å². The quantitative estimate of drug-likeness (QED) is 0.571. The number of hydrogen-bond donors (Lipinski definition) is 1. The summed E-state index contributed by atoms with van der Waals surface area (Å²) in [4.78, 5) is 13.9. The molecule has 0 saturated carbocycles. The van der Waals surface area contributed by atoms with Crippen LogP contribution in [0.25, 0.3) is 17.0 Å². The van der Waals surface area contributed by atoms with Crippen LogP contribution in [0.1, 0.15) is 4.88 Å². The lowest BCUT2D eigenvalue weighted by atomic mass is 10.1. The normalized spacial score (nSPS) is 11.0. The smallest absolute Gasteiger partial charge is 0.234 e. The van der Waals surface area contributed by atoms with Gasteiger partial charge in [-0.05, 0) is 24.3 Å². The number of thiazole rings is 1. The van der Waals surface area contributed by atoms with Crippen LogP contribution in [0.5, 0.6) is 5.75 Å². The Hall–Kier alpha value is -2.64. The molecule has 1 N–H and O–H groups in total. The van der Waals surface area contributed by atoms with Gasteiger partial charge in [0.25, 0.3) is 0 Å². The summed E-state index contributed by atoms with van der Waals surface area (Å²) in [6.07, 6.45) is 7.38. The van der Waals surface area contributed by atoms with Crippen LogP contribution in [0.3, 0.4) is 0 Å². The minimum atomic E-state index is 0.537. The average molecular weight is 372 g/mol. The Morgan fingerprint density at radius 3 is 3.00 bits per heavy atom. The van der Waals surface area contributed by atoms with Crippen LogP contribution in [0.15, 0.2) is 49.1 Å². The van der Waals surface area contributed by atoms with E-state index >= 15 is 0 Å². The molecule has 25 heavy (non-hydrogen) atoms. The van der Waals surface area contributed by atoms with Gasteiger partial charge in [0.2, 0.25) is 5.78 Å². The first-order chi connectivity index (χ1) is 12.2. The van der Waals surface area contributed by atoms with Crippen molar-refractivity contribution in [3.63, 3.8) is 0 Å². The standard InChI is InChI=1S/C17H14ClN5OS/c1-24-15-4-3-11(14-10-23-6-2-5-19-17(23)22-14)7-13(15)20-8-12-9-21-16(18)25-12/h2-7,9-10,20H,8H2,1H3. The first kappa shape index (κ1) is 15.9. The molecule has 0 aliphatic rings. The van der Waals surface area contributed by atoms with Gasteiger partial charge in [-0.3, -0.25) is 4.40 Å². The Balaban J connectivity index is 1.65. The number of nitrogens with zero attached hydrogens (tertiary/aromatic N) is 4. The van der Waals surface area contributed by atoms with Gasteiger partial charge in [0.05, 0.1) is 25.0 Å². The van der Waals surface area contributed by atoms with Gasteiger partial charge < -0.3 is 10.1 Å². The second-order valence-electron chi connectivity index (χ2n) is 5.30. The first-order valence-corrected chi connectivity index (χ1v) is 8.74. The van der Waals surface area contributed by atoms with Gasteiger partial charge >= 0.3 is 0 Å². The number of halogens is 1. The molecule has 126 valence electrons. The van der Waals surface area contributed by atoms with E-state index in [1.807, 2.05) is 41.1 Å². The maximum atomic E-state index is 5.88. The van der Waals surface area contributed by atoms with Crippen LogP contribution in [-0.4, -0.2) is 26.5 Å². The van der Waals surface area contributed by atoms with E-state index in [4.69, 9.17) is 16.3 Å². The summed E-state index contributed by atoms with van der Waals surface area (Å²) >= 11 is 7.33. The minimum absolute atomic E-state index is 0.537. The van der Waals surface area contributed by atoms with Gasteiger partial charge in [-0.1, -0.05) is 11.6 Å². The summed E-state index contributed by atoms with van der Waals surface area (Å²) in [5, 5.41) is 3.37. The zero-order valence-corrected chi connectivity index (χ0v) is 14.9. The van der Waals surface area contributed by atoms with E-state index in [-0.39, 0.29) is 0 Å². The Kier molecular flexibility index (Phi) is 4.25. The van der Waals surface area contributed by atoms with Gasteiger partial charge in [-0.2, -0.15) is 0 Å². The summed E-state index contributed by atoms with van der Waals surface area (Å²) in [7, 11) is 1.65. The van der Waals surface area contributed by atoms with Gasteiger partial charge in [-0.15, -0.1) is 11.3 Å². The lowest BCUT2D eigenvalue weighted by Gasteiger charge is -2.11. The van der Waals surface area contributed by atoms with Gasteiger partial charge in [-0.25, -0.2) is 15.0 Å². The third kappa shape index (κ3) is 3.29. The Morgan fingerprint density at radius 2 is 2.24 bits per heavy atom. The highest BCUT2D eigenvalue weighted by atomic mass is 35.5. The summed E-state index contributed by atoms with van der Waals surface area (Å²) in [6, 6.07) is 7.80. The number of anilines is 1. The van der Waals surface area contributed by atoms with E-state index < -0.39 is 0 Å². The highest BCUT2D eigenvalue weighted by Gasteiger charge is 2.10. The van der Waals surface area contributed by atoms with E-state index in [1.165, 1.54) is 11.3 Å². The third-order valence-electron chi connectivity index (χ3n) is 3.71. The van der Waals surface area contributed by atoms with Crippen LogP contribution in [0, 0.1) is 0 Å². The molecule has 0 aliphatic carbocycles. The lowest BCUT2D eigenvalue weighted by molar-refractivity contribution is 0.416. The fourth-order valence-electron chi connectivity index (χ4n) is 2.52. The van der Waals surface area contributed by atoms with Gasteiger partial charge in [0.15, 0.2) is 4.47 Å². The Bertz CT molecular complexity index is 996. The van der Waals surface area contributed by atoms with Crippen LogP contribution in [0.4, 0.5) is 5.69 Å². The van der Waals surface area contributed by atoms with Crippen molar-refractivity contribution in [1.29, 1.82) is 0 Å². The number of imidazole rings is 1. The zero-order chi connectivity index (χ0) is 17.2. The van der Waals surface area contributed by atoms with E-state index in [0.29, 0.717) is 16.8 Å². The fraction of sp³-hybridized carbons (Fsp3) is 0.118. The summed E-state index contributed by atoms with van der Waals surface area (Å²) in [5.74, 6) is 1.43. The molecule has 0 aliphatic heterocycles. The number of ether oxygens (including phenoxy) is 1. The van der Waals surface area contributed by atoms with Crippen molar-refractivity contribution in [1.82, 2.24) is 19.4 Å². The lowest BCUT2D eigenvalue weighted by Crippen LogP contribution is -2.00. The van der Waals surface area contributed by atoms with E-state index in [9.17, 15) is 0 Å². The van der Waals surface area contributed by atoms with Crippen molar-refractivity contribution in [2.75, 3.05) is 12.4 Å². The number of benzene rings is 1. The van der Waals surface area contributed by atoms with Crippen molar-refractivity contribution in [3.8, 4) is 17.0 Å². The molecule has 0 atom stereocenters. The SMILES string of the molecule is COc1ccc(-c2cn3cccnc3n2)cc1NCc1cnc(Cl)s1. The third-order valence-corrected chi connectivity index (χ3v) is 4.82. The molecule has 3 aromatic heterocycles. The maximum Gasteiger partial charge on any atom is 0.234 e. The molecule has 3 heterocycles. The van der Waals surface area contributed by atoms with Crippen LogP contribution < -0.4 is 10.1 Å². The van der Waals surface area contributed by atoms with Crippen molar-refractivity contribution >= 4 is 34.4 Å².